The number of carbonyl (C=O) groups is 2. The molecule has 0 bridgehead atoms. The van der Waals surface area contributed by atoms with Crippen molar-refractivity contribution in [1.29, 1.82) is 0 Å². The van der Waals surface area contributed by atoms with E-state index in [2.05, 4.69) is 19.6 Å². The zero-order valence-corrected chi connectivity index (χ0v) is 20.8. The van der Waals surface area contributed by atoms with Gasteiger partial charge in [0.2, 0.25) is 0 Å². The number of esters is 1. The maximum atomic E-state index is 12.6. The van der Waals surface area contributed by atoms with Crippen molar-refractivity contribution >= 4 is 29.7 Å². The Kier molecular flexibility index (Phi) is 9.65. The minimum Gasteiger partial charge on any atom is -0.426 e. The van der Waals surface area contributed by atoms with Crippen LogP contribution in [0.25, 0.3) is 0 Å². The van der Waals surface area contributed by atoms with E-state index in [0.29, 0.717) is 17.7 Å². The molecule has 0 amide bonds. The highest BCUT2D eigenvalue weighted by molar-refractivity contribution is 7.91. The third-order valence-corrected chi connectivity index (χ3v) is 7.94. The minimum atomic E-state index is -3.55. The quantitative estimate of drug-likeness (QED) is 0.282. The summed E-state index contributed by atoms with van der Waals surface area (Å²) in [6.07, 6.45) is 0.523. The van der Waals surface area contributed by atoms with Gasteiger partial charge in [-0.25, -0.2) is 13.2 Å². The second-order valence-corrected chi connectivity index (χ2v) is 16.8. The second-order valence-electron chi connectivity index (χ2n) is 8.85. The van der Waals surface area contributed by atoms with Crippen LogP contribution in [-0.2, 0) is 24.1 Å². The summed E-state index contributed by atoms with van der Waals surface area (Å²) in [6.45, 7) is 11.7. The number of sulfone groups is 1. The lowest BCUT2D eigenvalue weighted by molar-refractivity contribution is -0.119. The highest BCUT2D eigenvalue weighted by atomic mass is 32.2. The zero-order chi connectivity index (χ0) is 23.1. The summed E-state index contributed by atoms with van der Waals surface area (Å²) in [5.74, 6) is -0.720. The van der Waals surface area contributed by atoms with Gasteiger partial charge < -0.3 is 9.47 Å². The van der Waals surface area contributed by atoms with Crippen molar-refractivity contribution < 1.29 is 27.5 Å². The van der Waals surface area contributed by atoms with Crippen LogP contribution in [0.4, 0.5) is 0 Å². The SMILES string of the molecule is CC(=O)C[C@H](OCC[Si](C)(C)C)/C(C)=C(\OC(=O)c1ccccc1)[C@@H](C)S(C)(=O)=O. The summed E-state index contributed by atoms with van der Waals surface area (Å²) in [4.78, 5) is 24.5. The van der Waals surface area contributed by atoms with E-state index < -0.39 is 35.2 Å². The normalized spacial score (nSPS) is 15.2. The van der Waals surface area contributed by atoms with Crippen LogP contribution in [-0.4, -0.2) is 52.5 Å². The predicted octanol–water partition coefficient (Wildman–Crippen LogP) is 4.25. The van der Waals surface area contributed by atoms with Crippen LogP contribution >= 0.6 is 0 Å². The van der Waals surface area contributed by atoms with Gasteiger partial charge in [0, 0.05) is 27.4 Å². The van der Waals surface area contributed by atoms with E-state index in [4.69, 9.17) is 9.47 Å². The van der Waals surface area contributed by atoms with Crippen LogP contribution in [0.3, 0.4) is 0 Å². The molecule has 0 aliphatic rings. The predicted molar refractivity (Wildman–Crippen MR) is 122 cm³/mol. The molecule has 1 rings (SSSR count). The van der Waals surface area contributed by atoms with Gasteiger partial charge in [0.1, 0.15) is 16.8 Å². The van der Waals surface area contributed by atoms with Crippen LogP contribution in [0.5, 0.6) is 0 Å². The summed E-state index contributed by atoms with van der Waals surface area (Å²) >= 11 is 0. The maximum Gasteiger partial charge on any atom is 0.343 e. The number of benzene rings is 1. The Balaban J connectivity index is 3.31. The molecule has 30 heavy (non-hydrogen) atoms. The monoisotopic (exact) mass is 454 g/mol. The van der Waals surface area contributed by atoms with Gasteiger partial charge in [-0.15, -0.1) is 0 Å². The fourth-order valence-corrected chi connectivity index (χ4v) is 4.03. The fourth-order valence-electron chi connectivity index (χ4n) is 2.68. The average Bonchev–Trinajstić information content (AvgIpc) is 2.62. The Bertz CT molecular complexity index is 869. The van der Waals surface area contributed by atoms with E-state index in [1.807, 2.05) is 0 Å². The third kappa shape index (κ3) is 8.93. The smallest absolute Gasteiger partial charge is 0.343 e. The Labute approximate surface area is 181 Å². The van der Waals surface area contributed by atoms with E-state index in [1.165, 1.54) is 13.8 Å². The highest BCUT2D eigenvalue weighted by Crippen LogP contribution is 2.25. The molecule has 0 aliphatic heterocycles. The van der Waals surface area contributed by atoms with Gasteiger partial charge in [0.25, 0.3) is 0 Å². The summed E-state index contributed by atoms with van der Waals surface area (Å²) < 4.78 is 36.1. The van der Waals surface area contributed by atoms with Crippen LogP contribution < -0.4 is 0 Å². The standard InChI is InChI=1S/C22H34O6SSi/c1-16(23)15-20(27-13-14-30(5,6)7)17(2)21(18(3)29(4,25)26)28-22(24)19-11-9-8-10-12-19/h8-12,18,20H,13-15H2,1-7H3/b21-17-/t18-,20+/m1/s1. The van der Waals surface area contributed by atoms with Gasteiger partial charge in [-0.2, -0.15) is 0 Å². The first-order chi connectivity index (χ1) is 13.7. The Morgan fingerprint density at radius 1 is 1.07 bits per heavy atom. The minimum absolute atomic E-state index is 0.0191. The fraction of sp³-hybridized carbons (Fsp3) is 0.545. The van der Waals surface area contributed by atoms with Gasteiger partial charge in [-0.3, -0.25) is 4.79 Å². The van der Waals surface area contributed by atoms with Crippen molar-refractivity contribution in [2.75, 3.05) is 12.9 Å². The zero-order valence-electron chi connectivity index (χ0n) is 19.0. The number of Topliss-reactive ketones (excluding diaryl/α,β-unsaturated/α-hetero) is 1. The number of carbonyl (C=O) groups excluding carboxylic acids is 2. The molecule has 0 saturated heterocycles. The molecule has 0 radical (unpaired) electrons. The number of hydrogen-bond donors (Lipinski definition) is 0. The van der Waals surface area contributed by atoms with E-state index in [-0.39, 0.29) is 18.0 Å². The van der Waals surface area contributed by atoms with Gasteiger partial charge >= 0.3 is 5.97 Å². The third-order valence-electron chi connectivity index (χ3n) is 4.74. The Morgan fingerprint density at radius 3 is 2.10 bits per heavy atom. The summed E-state index contributed by atoms with van der Waals surface area (Å²) in [5.41, 5.74) is 0.759. The molecular formula is C22H34O6SSi. The molecule has 0 aromatic heterocycles. The highest BCUT2D eigenvalue weighted by Gasteiger charge is 2.30. The molecule has 168 valence electrons. The second kappa shape index (κ2) is 11.0. The van der Waals surface area contributed by atoms with Gasteiger partial charge in [0.05, 0.1) is 11.7 Å². The summed E-state index contributed by atoms with van der Waals surface area (Å²) in [6, 6.07) is 9.26. The molecular weight excluding hydrogens is 420 g/mol. The van der Waals surface area contributed by atoms with E-state index in [0.717, 1.165) is 12.3 Å². The molecule has 1 aromatic carbocycles. The average molecular weight is 455 g/mol. The topological polar surface area (TPSA) is 86.7 Å². The molecule has 6 nitrogen and oxygen atoms in total. The first-order valence-electron chi connectivity index (χ1n) is 10.00. The first kappa shape index (κ1) is 26.3. The van der Waals surface area contributed by atoms with E-state index >= 15 is 0 Å². The van der Waals surface area contributed by atoms with Crippen molar-refractivity contribution in [2.45, 2.75) is 64.2 Å². The van der Waals surface area contributed by atoms with Crippen LogP contribution in [0.1, 0.15) is 37.6 Å². The molecule has 0 N–H and O–H groups in total. The molecule has 0 unspecified atom stereocenters. The lowest BCUT2D eigenvalue weighted by Gasteiger charge is -2.25. The molecule has 0 fully saturated rings. The van der Waals surface area contributed by atoms with Crippen molar-refractivity contribution in [3.63, 3.8) is 0 Å². The van der Waals surface area contributed by atoms with E-state index in [9.17, 15) is 18.0 Å². The van der Waals surface area contributed by atoms with Crippen molar-refractivity contribution in [1.82, 2.24) is 0 Å². The Hall–Kier alpha value is -1.77. The molecule has 2 atom stereocenters. The van der Waals surface area contributed by atoms with Gasteiger partial charge in [0.15, 0.2) is 9.84 Å². The van der Waals surface area contributed by atoms with Crippen molar-refractivity contribution in [3.05, 3.63) is 47.2 Å². The number of ketones is 1. The molecule has 0 heterocycles. The van der Waals surface area contributed by atoms with Crippen LogP contribution in [0.15, 0.2) is 41.7 Å². The molecule has 8 heteroatoms. The summed E-state index contributed by atoms with van der Waals surface area (Å²) in [5, 5.41) is -1.06. The molecule has 0 spiro atoms. The van der Waals surface area contributed by atoms with Gasteiger partial charge in [-0.1, -0.05) is 37.8 Å². The molecule has 0 saturated carbocycles. The van der Waals surface area contributed by atoms with Crippen LogP contribution in [0.2, 0.25) is 25.7 Å². The summed E-state index contributed by atoms with van der Waals surface area (Å²) in [7, 11) is -4.90. The molecule has 0 aliphatic carbocycles. The van der Waals surface area contributed by atoms with Crippen molar-refractivity contribution in [3.8, 4) is 0 Å². The number of rotatable bonds is 11. The van der Waals surface area contributed by atoms with Crippen molar-refractivity contribution in [2.24, 2.45) is 0 Å². The lowest BCUT2D eigenvalue weighted by Crippen LogP contribution is -2.29. The number of hydrogen-bond acceptors (Lipinski definition) is 6. The Morgan fingerprint density at radius 2 is 1.63 bits per heavy atom. The van der Waals surface area contributed by atoms with Crippen LogP contribution in [0, 0.1) is 0 Å². The molecule has 1 aromatic rings. The maximum absolute atomic E-state index is 12.6. The lowest BCUT2D eigenvalue weighted by atomic mass is 10.0. The number of ether oxygens (including phenoxy) is 2. The largest absolute Gasteiger partial charge is 0.426 e. The van der Waals surface area contributed by atoms with E-state index in [1.54, 1.807) is 37.3 Å². The first-order valence-corrected chi connectivity index (χ1v) is 15.7. The van der Waals surface area contributed by atoms with Gasteiger partial charge in [-0.05, 0) is 44.5 Å².